The molecule has 0 aliphatic carbocycles. The Labute approximate surface area is 156 Å². The molecule has 0 saturated heterocycles. The number of nitrogens with one attached hydrogen (secondary N) is 1. The van der Waals surface area contributed by atoms with E-state index in [0.717, 1.165) is 16.9 Å². The molecular formula is C17H15BrF2N4O2. The summed E-state index contributed by atoms with van der Waals surface area (Å²) in [6.45, 7) is 1.23. The summed E-state index contributed by atoms with van der Waals surface area (Å²) in [5.74, 6) is -2.12. The predicted molar refractivity (Wildman–Crippen MR) is 94.0 cm³/mol. The van der Waals surface area contributed by atoms with Crippen LogP contribution in [0.5, 0.6) is 0 Å². The molecule has 3 rings (SSSR count). The lowest BCUT2D eigenvalue weighted by molar-refractivity contribution is -0.117. The van der Waals surface area contributed by atoms with E-state index in [0.29, 0.717) is 11.1 Å². The van der Waals surface area contributed by atoms with E-state index in [9.17, 15) is 18.4 Å². The first-order chi connectivity index (χ1) is 12.3. The second-order valence-electron chi connectivity index (χ2n) is 5.97. The third-order valence-electron chi connectivity index (χ3n) is 4.11. The highest BCUT2D eigenvalue weighted by Crippen LogP contribution is 2.33. The van der Waals surface area contributed by atoms with E-state index >= 15 is 0 Å². The van der Waals surface area contributed by atoms with Crippen LogP contribution in [-0.4, -0.2) is 45.9 Å². The zero-order valence-corrected chi connectivity index (χ0v) is 15.3. The number of carbonyl (C=O) groups excluding carboxylic acids is 2. The molecule has 2 atom stereocenters. The van der Waals surface area contributed by atoms with E-state index in [1.807, 2.05) is 0 Å². The lowest BCUT2D eigenvalue weighted by atomic mass is 9.86. The minimum atomic E-state index is -1.19. The Morgan fingerprint density at radius 2 is 2.12 bits per heavy atom. The number of halogens is 3. The van der Waals surface area contributed by atoms with Crippen LogP contribution in [0.25, 0.3) is 0 Å². The van der Waals surface area contributed by atoms with Gasteiger partial charge >= 0.3 is 0 Å². The molecule has 2 aromatic rings. The van der Waals surface area contributed by atoms with E-state index < -0.39 is 23.8 Å². The number of hydrogen-bond acceptors (Lipinski definition) is 4. The summed E-state index contributed by atoms with van der Waals surface area (Å²) in [6, 6.07) is 5.05. The van der Waals surface area contributed by atoms with E-state index in [2.05, 4.69) is 31.2 Å². The molecule has 9 heteroatoms. The number of benzene rings is 1. The van der Waals surface area contributed by atoms with Crippen molar-refractivity contribution in [2.75, 3.05) is 18.4 Å². The first-order valence-electron chi connectivity index (χ1n) is 7.85. The first kappa shape index (κ1) is 18.4. The maximum absolute atomic E-state index is 14.1. The highest BCUT2D eigenvalue weighted by molar-refractivity contribution is 9.10. The molecule has 136 valence electrons. The number of amides is 2. The van der Waals surface area contributed by atoms with Gasteiger partial charge in [-0.25, -0.2) is 18.7 Å². The molecule has 0 fully saturated rings. The van der Waals surface area contributed by atoms with Gasteiger partial charge in [0.15, 0.2) is 5.82 Å². The summed E-state index contributed by atoms with van der Waals surface area (Å²) >= 11 is 3.33. The van der Waals surface area contributed by atoms with Gasteiger partial charge in [-0.3, -0.25) is 14.9 Å². The lowest BCUT2D eigenvalue weighted by Gasteiger charge is -2.34. The van der Waals surface area contributed by atoms with E-state index in [1.165, 1.54) is 11.8 Å². The topological polar surface area (TPSA) is 75.2 Å². The fourth-order valence-corrected chi connectivity index (χ4v) is 3.25. The van der Waals surface area contributed by atoms with Crippen LogP contribution < -0.4 is 5.32 Å². The van der Waals surface area contributed by atoms with E-state index in [-0.39, 0.29) is 24.9 Å². The maximum Gasteiger partial charge on any atom is 0.254 e. The van der Waals surface area contributed by atoms with Gasteiger partial charge in [-0.05, 0) is 30.7 Å². The molecule has 1 aromatic heterocycles. The molecule has 0 radical (unpaired) electrons. The zero-order valence-electron chi connectivity index (χ0n) is 13.7. The molecular weight excluding hydrogens is 410 g/mol. The average Bonchev–Trinajstić information content (AvgIpc) is 2.59. The Morgan fingerprint density at radius 1 is 1.42 bits per heavy atom. The van der Waals surface area contributed by atoms with Crippen molar-refractivity contribution >= 4 is 33.7 Å². The van der Waals surface area contributed by atoms with Gasteiger partial charge in [0.25, 0.3) is 5.91 Å². The van der Waals surface area contributed by atoms with Crippen molar-refractivity contribution in [3.8, 4) is 0 Å². The van der Waals surface area contributed by atoms with E-state index in [1.54, 1.807) is 18.2 Å². The van der Waals surface area contributed by atoms with Crippen molar-refractivity contribution in [1.29, 1.82) is 0 Å². The van der Waals surface area contributed by atoms with Crippen LogP contribution >= 0.6 is 15.9 Å². The summed E-state index contributed by atoms with van der Waals surface area (Å²) in [5, 5.41) is 2.39. The highest BCUT2D eigenvalue weighted by atomic mass is 79.9. The van der Waals surface area contributed by atoms with Crippen LogP contribution in [0, 0.1) is 5.82 Å². The zero-order chi connectivity index (χ0) is 18.8. The third-order valence-corrected chi connectivity index (χ3v) is 4.60. The smallest absolute Gasteiger partial charge is 0.254 e. The Balaban J connectivity index is 1.78. The predicted octanol–water partition coefficient (Wildman–Crippen LogP) is 2.91. The number of fused-ring (bicyclic) bond motifs is 1. The van der Waals surface area contributed by atoms with Crippen molar-refractivity contribution in [2.45, 2.75) is 19.0 Å². The number of aromatic nitrogens is 2. The Hall–Kier alpha value is -2.42. The normalized spacial score (nSPS) is 17.6. The number of rotatable bonds is 4. The standard InChI is InChI=1S/C17H15BrF2N4O2/c1-9(19)14-7-24(16(26)12-3-2-10(18)4-13(12)14)8-15(25)23-17-21-5-11(20)6-22-17/h2-6,9,14H,7-8H2,1H3,(H,21,22,23,25)/t9-,14-/m1/s1. The molecule has 0 unspecified atom stereocenters. The van der Waals surface area contributed by atoms with Gasteiger partial charge in [0.2, 0.25) is 11.9 Å². The van der Waals surface area contributed by atoms with Crippen molar-refractivity contribution in [3.05, 3.63) is 52.0 Å². The second-order valence-corrected chi connectivity index (χ2v) is 6.89. The SMILES string of the molecule is C[C@@H](F)[C@H]1CN(CC(=O)Nc2ncc(F)cn2)C(=O)c2ccc(Br)cc21. The van der Waals surface area contributed by atoms with Gasteiger partial charge in [-0.1, -0.05) is 15.9 Å². The molecule has 6 nitrogen and oxygen atoms in total. The quantitative estimate of drug-likeness (QED) is 0.818. The van der Waals surface area contributed by atoms with Gasteiger partial charge in [-0.15, -0.1) is 0 Å². The van der Waals surface area contributed by atoms with Crippen LogP contribution in [0.4, 0.5) is 14.7 Å². The second kappa shape index (κ2) is 7.45. The van der Waals surface area contributed by atoms with Crippen molar-refractivity contribution in [3.63, 3.8) is 0 Å². The summed E-state index contributed by atoms with van der Waals surface area (Å²) in [7, 11) is 0. The number of carbonyl (C=O) groups is 2. The first-order valence-corrected chi connectivity index (χ1v) is 8.64. The molecule has 26 heavy (non-hydrogen) atoms. The Bertz CT molecular complexity index is 845. The Kier molecular flexibility index (Phi) is 5.26. The maximum atomic E-state index is 14.1. The summed E-state index contributed by atoms with van der Waals surface area (Å²) in [4.78, 5) is 33.4. The van der Waals surface area contributed by atoms with Crippen molar-refractivity contribution < 1.29 is 18.4 Å². The third kappa shape index (κ3) is 3.87. The summed E-state index contributed by atoms with van der Waals surface area (Å²) in [5.41, 5.74) is 0.998. The van der Waals surface area contributed by atoms with Crippen molar-refractivity contribution in [2.24, 2.45) is 0 Å². The molecule has 1 aliphatic rings. The fraction of sp³-hybridized carbons (Fsp3) is 0.294. The molecule has 0 bridgehead atoms. The molecule has 2 amide bonds. The van der Waals surface area contributed by atoms with E-state index in [4.69, 9.17) is 0 Å². The molecule has 2 heterocycles. The Morgan fingerprint density at radius 3 is 2.77 bits per heavy atom. The molecule has 0 spiro atoms. The van der Waals surface area contributed by atoms with Gasteiger partial charge in [0.05, 0.1) is 12.4 Å². The van der Waals surface area contributed by atoms with Gasteiger partial charge in [0, 0.05) is 22.5 Å². The monoisotopic (exact) mass is 424 g/mol. The highest BCUT2D eigenvalue weighted by Gasteiger charge is 2.35. The fourth-order valence-electron chi connectivity index (χ4n) is 2.87. The number of anilines is 1. The lowest BCUT2D eigenvalue weighted by Crippen LogP contribution is -2.45. The van der Waals surface area contributed by atoms with Crippen LogP contribution in [0.1, 0.15) is 28.8 Å². The number of hydrogen-bond donors (Lipinski definition) is 1. The average molecular weight is 425 g/mol. The van der Waals surface area contributed by atoms with Crippen LogP contribution in [0.15, 0.2) is 35.1 Å². The molecule has 1 N–H and O–H groups in total. The van der Waals surface area contributed by atoms with Crippen LogP contribution in [-0.2, 0) is 4.79 Å². The molecule has 1 aliphatic heterocycles. The number of alkyl halides is 1. The van der Waals surface area contributed by atoms with Crippen molar-refractivity contribution in [1.82, 2.24) is 14.9 Å². The summed E-state index contributed by atoms with van der Waals surface area (Å²) < 4.78 is 27.7. The van der Waals surface area contributed by atoms with Crippen LogP contribution in [0.3, 0.4) is 0 Å². The summed E-state index contributed by atoms with van der Waals surface area (Å²) in [6.07, 6.45) is 0.648. The molecule has 1 aromatic carbocycles. The molecule has 0 saturated carbocycles. The van der Waals surface area contributed by atoms with Gasteiger partial charge < -0.3 is 4.90 Å². The minimum absolute atomic E-state index is 0.0689. The largest absolute Gasteiger partial charge is 0.329 e. The van der Waals surface area contributed by atoms with Gasteiger partial charge in [0.1, 0.15) is 12.7 Å². The van der Waals surface area contributed by atoms with Gasteiger partial charge in [-0.2, -0.15) is 0 Å². The minimum Gasteiger partial charge on any atom is -0.329 e. The number of nitrogens with zero attached hydrogens (tertiary/aromatic N) is 3. The van der Waals surface area contributed by atoms with Crippen LogP contribution in [0.2, 0.25) is 0 Å².